The summed E-state index contributed by atoms with van der Waals surface area (Å²) in [6, 6.07) is 0.646. The molecule has 1 amide bonds. The summed E-state index contributed by atoms with van der Waals surface area (Å²) in [6.45, 7) is 4.70. The molecule has 1 rings (SSSR count). The number of rotatable bonds is 4. The van der Waals surface area contributed by atoms with Crippen molar-refractivity contribution in [3.8, 4) is 0 Å². The quantitative estimate of drug-likeness (QED) is 0.700. The Morgan fingerprint density at radius 1 is 1.73 bits per heavy atom. The van der Waals surface area contributed by atoms with E-state index in [2.05, 4.69) is 21.9 Å². The predicted molar refractivity (Wildman–Crippen MR) is 58.7 cm³/mol. The van der Waals surface area contributed by atoms with Crippen LogP contribution in [-0.4, -0.2) is 49.8 Å². The highest BCUT2D eigenvalue weighted by Gasteiger charge is 2.27. The van der Waals surface area contributed by atoms with Gasteiger partial charge < -0.3 is 15.8 Å². The van der Waals surface area contributed by atoms with Gasteiger partial charge in [-0.25, -0.2) is 4.79 Å². The monoisotopic (exact) mass is 215 g/mol. The van der Waals surface area contributed by atoms with E-state index in [1.165, 1.54) is 7.11 Å². The molecule has 0 bridgehead atoms. The van der Waals surface area contributed by atoms with Crippen LogP contribution in [0.1, 0.15) is 19.8 Å². The van der Waals surface area contributed by atoms with Crippen LogP contribution in [0.5, 0.6) is 0 Å². The number of hydrogen-bond acceptors (Lipinski definition) is 4. The van der Waals surface area contributed by atoms with Crippen LogP contribution in [0, 0.1) is 0 Å². The minimum absolute atomic E-state index is 0.207. The third-order valence-electron chi connectivity index (χ3n) is 2.99. The number of likely N-dealkylation sites (tertiary alicyclic amines) is 1. The summed E-state index contributed by atoms with van der Waals surface area (Å²) in [5, 5.41) is 2.82. The van der Waals surface area contributed by atoms with E-state index in [0.29, 0.717) is 12.6 Å². The van der Waals surface area contributed by atoms with Crippen molar-refractivity contribution in [2.24, 2.45) is 5.73 Å². The lowest BCUT2D eigenvalue weighted by Gasteiger charge is -2.25. The van der Waals surface area contributed by atoms with E-state index in [-0.39, 0.29) is 12.1 Å². The molecule has 2 atom stereocenters. The van der Waals surface area contributed by atoms with Crippen molar-refractivity contribution in [3.05, 3.63) is 0 Å². The van der Waals surface area contributed by atoms with Gasteiger partial charge in [0.05, 0.1) is 7.11 Å². The molecule has 0 aromatic rings. The summed E-state index contributed by atoms with van der Waals surface area (Å²) in [7, 11) is 1.39. The summed E-state index contributed by atoms with van der Waals surface area (Å²) in [4.78, 5) is 13.3. The Morgan fingerprint density at radius 2 is 2.47 bits per heavy atom. The van der Waals surface area contributed by atoms with Gasteiger partial charge in [-0.3, -0.25) is 4.90 Å². The van der Waals surface area contributed by atoms with E-state index in [1.807, 2.05) is 0 Å². The SMILES string of the molecule is CCC(CN)N1CCC(NC(=O)OC)C1. The Kier molecular flexibility index (Phi) is 4.84. The number of ether oxygens (including phenoxy) is 1. The number of nitrogens with one attached hydrogen (secondary N) is 1. The van der Waals surface area contributed by atoms with Gasteiger partial charge in [-0.2, -0.15) is 0 Å². The van der Waals surface area contributed by atoms with Gasteiger partial charge in [-0.05, 0) is 12.8 Å². The highest BCUT2D eigenvalue weighted by Crippen LogP contribution is 2.14. The predicted octanol–water partition coefficient (Wildman–Crippen LogP) is 0.154. The van der Waals surface area contributed by atoms with Gasteiger partial charge in [0, 0.05) is 31.7 Å². The lowest BCUT2D eigenvalue weighted by Crippen LogP contribution is -2.42. The van der Waals surface area contributed by atoms with Gasteiger partial charge in [0.1, 0.15) is 0 Å². The zero-order valence-corrected chi connectivity index (χ0v) is 9.53. The Hall–Kier alpha value is -0.810. The Labute approximate surface area is 90.9 Å². The van der Waals surface area contributed by atoms with Crippen LogP contribution in [0.15, 0.2) is 0 Å². The van der Waals surface area contributed by atoms with E-state index in [9.17, 15) is 4.79 Å². The number of nitrogens with two attached hydrogens (primary N) is 1. The van der Waals surface area contributed by atoms with Crippen molar-refractivity contribution in [3.63, 3.8) is 0 Å². The maximum absolute atomic E-state index is 11.0. The van der Waals surface area contributed by atoms with Gasteiger partial charge in [-0.1, -0.05) is 6.92 Å². The summed E-state index contributed by atoms with van der Waals surface area (Å²) in [6.07, 6.45) is 1.69. The van der Waals surface area contributed by atoms with E-state index >= 15 is 0 Å². The molecule has 1 aliphatic rings. The van der Waals surface area contributed by atoms with Gasteiger partial charge in [0.25, 0.3) is 0 Å². The Morgan fingerprint density at radius 3 is 3.00 bits per heavy atom. The molecule has 0 radical (unpaired) electrons. The Balaban J connectivity index is 2.34. The van der Waals surface area contributed by atoms with Crippen molar-refractivity contribution < 1.29 is 9.53 Å². The highest BCUT2D eigenvalue weighted by molar-refractivity contribution is 5.67. The molecule has 3 N–H and O–H groups in total. The lowest BCUT2D eigenvalue weighted by molar-refractivity contribution is 0.165. The van der Waals surface area contributed by atoms with Crippen LogP contribution in [0.4, 0.5) is 4.79 Å². The number of methoxy groups -OCH3 is 1. The molecular weight excluding hydrogens is 194 g/mol. The first kappa shape index (κ1) is 12.3. The Bertz CT molecular complexity index is 207. The van der Waals surface area contributed by atoms with Crippen molar-refractivity contribution >= 4 is 6.09 Å². The molecule has 5 heteroatoms. The average Bonchev–Trinajstić information content (AvgIpc) is 2.68. The zero-order chi connectivity index (χ0) is 11.3. The number of hydrogen-bond donors (Lipinski definition) is 2. The summed E-state index contributed by atoms with van der Waals surface area (Å²) in [5.74, 6) is 0. The van der Waals surface area contributed by atoms with Crippen molar-refractivity contribution in [1.82, 2.24) is 10.2 Å². The topological polar surface area (TPSA) is 67.6 Å². The second kappa shape index (κ2) is 5.92. The number of amides is 1. The minimum atomic E-state index is -0.345. The first-order valence-corrected chi connectivity index (χ1v) is 5.49. The average molecular weight is 215 g/mol. The van der Waals surface area contributed by atoms with Crippen molar-refractivity contribution in [2.75, 3.05) is 26.7 Å². The number of nitrogens with zero attached hydrogens (tertiary/aromatic N) is 1. The normalized spacial score (nSPS) is 23.8. The molecule has 1 saturated heterocycles. The molecular formula is C10H21N3O2. The molecule has 0 spiro atoms. The fraction of sp³-hybridized carbons (Fsp3) is 0.900. The van der Waals surface area contributed by atoms with Gasteiger partial charge in [0.2, 0.25) is 0 Å². The lowest BCUT2D eigenvalue weighted by atomic mass is 10.2. The van der Waals surface area contributed by atoms with Gasteiger partial charge in [0.15, 0.2) is 0 Å². The molecule has 0 aliphatic carbocycles. The van der Waals surface area contributed by atoms with E-state index in [1.54, 1.807) is 0 Å². The number of alkyl carbamates (subject to hydrolysis) is 1. The molecule has 1 fully saturated rings. The smallest absolute Gasteiger partial charge is 0.407 e. The standard InChI is InChI=1S/C10H21N3O2/c1-3-9(6-11)13-5-4-8(7-13)12-10(14)15-2/h8-9H,3-7,11H2,1-2H3,(H,12,14). The third-order valence-corrected chi connectivity index (χ3v) is 2.99. The molecule has 2 unspecified atom stereocenters. The number of carbonyl (C=O) groups is 1. The summed E-state index contributed by atoms with van der Waals surface area (Å²) in [5.41, 5.74) is 5.68. The van der Waals surface area contributed by atoms with Gasteiger partial charge in [-0.15, -0.1) is 0 Å². The maximum atomic E-state index is 11.0. The largest absolute Gasteiger partial charge is 0.453 e. The van der Waals surface area contributed by atoms with Crippen molar-refractivity contribution in [2.45, 2.75) is 31.8 Å². The van der Waals surface area contributed by atoms with Crippen LogP contribution in [0.2, 0.25) is 0 Å². The first-order chi connectivity index (χ1) is 7.21. The molecule has 0 saturated carbocycles. The fourth-order valence-electron chi connectivity index (χ4n) is 2.04. The fourth-order valence-corrected chi connectivity index (χ4v) is 2.04. The zero-order valence-electron chi connectivity index (χ0n) is 9.53. The summed E-state index contributed by atoms with van der Waals surface area (Å²) < 4.78 is 4.57. The van der Waals surface area contributed by atoms with Crippen LogP contribution < -0.4 is 11.1 Å². The summed E-state index contributed by atoms with van der Waals surface area (Å²) >= 11 is 0. The first-order valence-electron chi connectivity index (χ1n) is 5.49. The van der Waals surface area contributed by atoms with Crippen LogP contribution >= 0.6 is 0 Å². The molecule has 15 heavy (non-hydrogen) atoms. The molecule has 1 heterocycles. The number of carbonyl (C=O) groups excluding carboxylic acids is 1. The maximum Gasteiger partial charge on any atom is 0.407 e. The van der Waals surface area contributed by atoms with E-state index in [4.69, 9.17) is 5.73 Å². The second-order valence-corrected chi connectivity index (χ2v) is 3.91. The van der Waals surface area contributed by atoms with Gasteiger partial charge >= 0.3 is 6.09 Å². The van der Waals surface area contributed by atoms with Crippen molar-refractivity contribution in [1.29, 1.82) is 0 Å². The van der Waals surface area contributed by atoms with E-state index in [0.717, 1.165) is 25.9 Å². The molecule has 5 nitrogen and oxygen atoms in total. The molecule has 0 aromatic heterocycles. The minimum Gasteiger partial charge on any atom is -0.453 e. The van der Waals surface area contributed by atoms with E-state index < -0.39 is 0 Å². The molecule has 0 aromatic carbocycles. The van der Waals surface area contributed by atoms with Crippen LogP contribution in [-0.2, 0) is 4.74 Å². The second-order valence-electron chi connectivity index (χ2n) is 3.91. The van der Waals surface area contributed by atoms with Crippen LogP contribution in [0.3, 0.4) is 0 Å². The third kappa shape index (κ3) is 3.35. The molecule has 88 valence electrons. The molecule has 1 aliphatic heterocycles. The highest BCUT2D eigenvalue weighted by atomic mass is 16.5. The van der Waals surface area contributed by atoms with Crippen LogP contribution in [0.25, 0.3) is 0 Å².